The van der Waals surface area contributed by atoms with Gasteiger partial charge in [0.05, 0.1) is 12.2 Å². The van der Waals surface area contributed by atoms with E-state index in [9.17, 15) is 10.2 Å². The van der Waals surface area contributed by atoms with E-state index in [2.05, 4.69) is 0 Å². The molecule has 0 saturated heterocycles. The highest BCUT2D eigenvalue weighted by Crippen LogP contribution is 2.10. The lowest BCUT2D eigenvalue weighted by Gasteiger charge is -2.23. The van der Waals surface area contributed by atoms with Gasteiger partial charge in [-0.3, -0.25) is 0 Å². The molecule has 4 N–H and O–H groups in total. The summed E-state index contributed by atoms with van der Waals surface area (Å²) in [5.41, 5.74) is 6.98. The van der Waals surface area contributed by atoms with Crippen LogP contribution in [0.2, 0.25) is 0 Å². The van der Waals surface area contributed by atoms with Crippen LogP contribution >= 0.6 is 11.8 Å². The van der Waals surface area contributed by atoms with E-state index in [1.165, 1.54) is 0 Å². The van der Waals surface area contributed by atoms with Crippen LogP contribution in [0.15, 0.2) is 30.3 Å². The second-order valence-electron chi connectivity index (χ2n) is 4.19. The first-order valence-corrected chi connectivity index (χ1v) is 7.19. The Morgan fingerprint density at radius 3 is 2.47 bits per heavy atom. The first kappa shape index (κ1) is 14.5. The van der Waals surface area contributed by atoms with Crippen molar-refractivity contribution in [1.29, 1.82) is 0 Å². The molecule has 0 unspecified atom stereocenters. The molecule has 0 heterocycles. The molecule has 17 heavy (non-hydrogen) atoms. The Bertz CT molecular complexity index is 308. The van der Waals surface area contributed by atoms with Crippen LogP contribution in [0, 0.1) is 0 Å². The van der Waals surface area contributed by atoms with Gasteiger partial charge in [-0.2, -0.15) is 11.8 Å². The minimum absolute atomic E-state index is 0.422. The third kappa shape index (κ3) is 5.08. The fraction of sp³-hybridized carbons (Fsp3) is 0.538. The van der Waals surface area contributed by atoms with E-state index in [-0.39, 0.29) is 0 Å². The first-order chi connectivity index (χ1) is 8.15. The second kappa shape index (κ2) is 7.71. The molecule has 0 aliphatic heterocycles. The zero-order chi connectivity index (χ0) is 12.7. The van der Waals surface area contributed by atoms with Crippen molar-refractivity contribution in [2.24, 2.45) is 5.73 Å². The highest BCUT2D eigenvalue weighted by molar-refractivity contribution is 7.98. The zero-order valence-corrected chi connectivity index (χ0v) is 10.9. The van der Waals surface area contributed by atoms with Crippen LogP contribution in [0.1, 0.15) is 12.0 Å². The topological polar surface area (TPSA) is 66.5 Å². The highest BCUT2D eigenvalue weighted by Gasteiger charge is 2.22. The summed E-state index contributed by atoms with van der Waals surface area (Å²) in [5, 5.41) is 19.6. The molecule has 4 heteroatoms. The third-order valence-corrected chi connectivity index (χ3v) is 3.41. The molecule has 0 aliphatic carbocycles. The van der Waals surface area contributed by atoms with Gasteiger partial charge in [0.15, 0.2) is 0 Å². The van der Waals surface area contributed by atoms with E-state index in [4.69, 9.17) is 5.73 Å². The van der Waals surface area contributed by atoms with Crippen molar-refractivity contribution >= 4 is 11.8 Å². The summed E-state index contributed by atoms with van der Waals surface area (Å²) in [6.07, 6.45) is 1.54. The SMILES string of the molecule is CSCC[C@H](O)[C@H](O)[C@@H](N)Cc1ccccc1. The number of rotatable bonds is 7. The molecule has 0 fully saturated rings. The van der Waals surface area contributed by atoms with Crippen LogP contribution in [0.25, 0.3) is 0 Å². The van der Waals surface area contributed by atoms with Crippen molar-refractivity contribution < 1.29 is 10.2 Å². The molecular weight excluding hydrogens is 234 g/mol. The third-order valence-electron chi connectivity index (χ3n) is 2.76. The monoisotopic (exact) mass is 255 g/mol. The molecule has 1 rings (SSSR count). The van der Waals surface area contributed by atoms with Gasteiger partial charge in [0.25, 0.3) is 0 Å². The average Bonchev–Trinajstić information content (AvgIpc) is 2.36. The Kier molecular flexibility index (Phi) is 6.58. The zero-order valence-electron chi connectivity index (χ0n) is 10.1. The lowest BCUT2D eigenvalue weighted by Crippen LogP contribution is -2.44. The molecule has 96 valence electrons. The summed E-state index contributed by atoms with van der Waals surface area (Å²) in [6, 6.07) is 9.35. The maximum atomic E-state index is 9.89. The summed E-state index contributed by atoms with van der Waals surface area (Å²) in [4.78, 5) is 0. The Hall–Kier alpha value is -0.550. The predicted octanol–water partition coefficient (Wildman–Crippen LogP) is 1.03. The largest absolute Gasteiger partial charge is 0.390 e. The number of thioether (sulfide) groups is 1. The van der Waals surface area contributed by atoms with Gasteiger partial charge in [-0.05, 0) is 30.4 Å². The van der Waals surface area contributed by atoms with Gasteiger partial charge in [-0.1, -0.05) is 30.3 Å². The molecule has 3 atom stereocenters. The molecule has 0 saturated carbocycles. The molecule has 1 aromatic carbocycles. The van der Waals surface area contributed by atoms with Crippen molar-refractivity contribution in [2.75, 3.05) is 12.0 Å². The number of benzene rings is 1. The number of nitrogens with two attached hydrogens (primary N) is 1. The summed E-state index contributed by atoms with van der Waals surface area (Å²) >= 11 is 1.65. The number of aliphatic hydroxyl groups is 2. The summed E-state index contributed by atoms with van der Waals surface area (Å²) in [5.74, 6) is 0.830. The Balaban J connectivity index is 2.43. The van der Waals surface area contributed by atoms with Crippen LogP contribution in [-0.4, -0.2) is 40.5 Å². The Morgan fingerprint density at radius 1 is 1.24 bits per heavy atom. The smallest absolute Gasteiger partial charge is 0.0952 e. The normalized spacial score (nSPS) is 16.5. The maximum absolute atomic E-state index is 9.89. The van der Waals surface area contributed by atoms with E-state index in [1.54, 1.807) is 11.8 Å². The standard InChI is InChI=1S/C13H21NO2S/c1-17-8-7-12(15)13(16)11(14)9-10-5-3-2-4-6-10/h2-6,11-13,15-16H,7-9,14H2,1H3/t11-,12-,13+/m0/s1. The predicted molar refractivity (Wildman–Crippen MR) is 73.1 cm³/mol. The molecular formula is C13H21NO2S. The van der Waals surface area contributed by atoms with Crippen molar-refractivity contribution in [2.45, 2.75) is 31.1 Å². The van der Waals surface area contributed by atoms with Crippen LogP contribution < -0.4 is 5.73 Å². The van der Waals surface area contributed by atoms with Crippen molar-refractivity contribution in [3.8, 4) is 0 Å². The average molecular weight is 255 g/mol. The first-order valence-electron chi connectivity index (χ1n) is 5.79. The lowest BCUT2D eigenvalue weighted by molar-refractivity contribution is 0.00316. The molecule has 0 spiro atoms. The van der Waals surface area contributed by atoms with Crippen LogP contribution in [0.5, 0.6) is 0 Å². The molecule has 0 radical (unpaired) electrons. The molecule has 0 aliphatic rings. The lowest BCUT2D eigenvalue weighted by atomic mass is 9.97. The van der Waals surface area contributed by atoms with Crippen LogP contribution in [-0.2, 0) is 6.42 Å². The maximum Gasteiger partial charge on any atom is 0.0952 e. The van der Waals surface area contributed by atoms with Gasteiger partial charge in [-0.15, -0.1) is 0 Å². The minimum Gasteiger partial charge on any atom is -0.390 e. The van der Waals surface area contributed by atoms with E-state index >= 15 is 0 Å². The quantitative estimate of drug-likeness (QED) is 0.681. The summed E-state index contributed by atoms with van der Waals surface area (Å²) in [6.45, 7) is 0. The molecule has 1 aromatic rings. The van der Waals surface area contributed by atoms with Crippen LogP contribution in [0.3, 0.4) is 0 Å². The summed E-state index contributed by atoms with van der Waals surface area (Å²) in [7, 11) is 0. The molecule has 0 amide bonds. The fourth-order valence-corrected chi connectivity index (χ4v) is 2.18. The highest BCUT2D eigenvalue weighted by atomic mass is 32.2. The number of hydrogen-bond donors (Lipinski definition) is 3. The van der Waals surface area contributed by atoms with Crippen molar-refractivity contribution in [1.82, 2.24) is 0 Å². The van der Waals surface area contributed by atoms with E-state index in [0.717, 1.165) is 11.3 Å². The van der Waals surface area contributed by atoms with Crippen molar-refractivity contribution in [3.63, 3.8) is 0 Å². The van der Waals surface area contributed by atoms with Crippen LogP contribution in [0.4, 0.5) is 0 Å². The fourth-order valence-electron chi connectivity index (χ4n) is 1.70. The van der Waals surface area contributed by atoms with Crippen molar-refractivity contribution in [3.05, 3.63) is 35.9 Å². The summed E-state index contributed by atoms with van der Waals surface area (Å²) < 4.78 is 0. The molecule has 3 nitrogen and oxygen atoms in total. The molecule has 0 bridgehead atoms. The van der Waals surface area contributed by atoms with E-state index < -0.39 is 18.2 Å². The van der Waals surface area contributed by atoms with E-state index in [1.807, 2.05) is 36.6 Å². The minimum atomic E-state index is -0.859. The number of hydrogen-bond acceptors (Lipinski definition) is 4. The van der Waals surface area contributed by atoms with Gasteiger partial charge in [-0.25, -0.2) is 0 Å². The van der Waals surface area contributed by atoms with Gasteiger partial charge < -0.3 is 15.9 Å². The van der Waals surface area contributed by atoms with Gasteiger partial charge >= 0.3 is 0 Å². The van der Waals surface area contributed by atoms with E-state index in [0.29, 0.717) is 12.8 Å². The Labute approximate surface area is 107 Å². The molecule has 0 aromatic heterocycles. The number of aliphatic hydroxyl groups excluding tert-OH is 2. The van der Waals surface area contributed by atoms with Gasteiger partial charge in [0.2, 0.25) is 0 Å². The van der Waals surface area contributed by atoms with Gasteiger partial charge in [0, 0.05) is 6.04 Å². The Morgan fingerprint density at radius 2 is 1.88 bits per heavy atom. The van der Waals surface area contributed by atoms with Gasteiger partial charge in [0.1, 0.15) is 0 Å². The second-order valence-corrected chi connectivity index (χ2v) is 5.18.